The highest BCUT2D eigenvalue weighted by Gasteiger charge is 2.37. The minimum Gasteiger partial charge on any atom is -0.390 e. The summed E-state index contributed by atoms with van der Waals surface area (Å²) in [7, 11) is 0. The Morgan fingerprint density at radius 1 is 1.10 bits per heavy atom. The Kier molecular flexibility index (Phi) is 6.66. The third kappa shape index (κ3) is 5.65. The lowest BCUT2D eigenvalue weighted by molar-refractivity contribution is -0.144. The van der Waals surface area contributed by atoms with Crippen molar-refractivity contribution in [2.75, 3.05) is 31.1 Å². The first-order valence-corrected chi connectivity index (χ1v) is 10.7. The van der Waals surface area contributed by atoms with Crippen molar-refractivity contribution >= 4 is 17.4 Å². The van der Waals surface area contributed by atoms with Gasteiger partial charge in [-0.15, -0.1) is 0 Å². The molecule has 0 radical (unpaired) electrons. The van der Waals surface area contributed by atoms with Crippen LogP contribution in [0.1, 0.15) is 24.2 Å². The van der Waals surface area contributed by atoms with Crippen LogP contribution < -0.4 is 10.2 Å². The van der Waals surface area contributed by atoms with E-state index in [-0.39, 0.29) is 24.4 Å². The molecule has 1 aromatic carbocycles. The molecule has 2 fully saturated rings. The number of anilines is 1. The lowest BCUT2D eigenvalue weighted by Gasteiger charge is -2.34. The lowest BCUT2D eigenvalue weighted by Crippen LogP contribution is -2.49. The topological polar surface area (TPSA) is 64.5 Å². The number of aromatic nitrogens is 2. The van der Waals surface area contributed by atoms with Crippen LogP contribution in [0.15, 0.2) is 36.5 Å². The summed E-state index contributed by atoms with van der Waals surface area (Å²) in [6.45, 7) is 3.39. The number of hydrogen-bond donors (Lipinski definition) is 2. The molecule has 0 spiro atoms. The summed E-state index contributed by atoms with van der Waals surface area (Å²) in [5, 5.41) is 14.7. The number of aliphatic hydroxyl groups is 1. The van der Waals surface area contributed by atoms with Crippen molar-refractivity contribution in [3.05, 3.63) is 52.9 Å². The van der Waals surface area contributed by atoms with Gasteiger partial charge in [0.05, 0.1) is 12.1 Å². The molecule has 0 saturated carbocycles. The van der Waals surface area contributed by atoms with Crippen LogP contribution in [-0.2, 0) is 12.7 Å². The van der Waals surface area contributed by atoms with E-state index in [0.29, 0.717) is 6.54 Å². The van der Waals surface area contributed by atoms with Crippen LogP contribution >= 0.6 is 11.6 Å². The molecule has 2 aliphatic heterocycles. The van der Waals surface area contributed by atoms with Crippen molar-refractivity contribution in [3.8, 4) is 0 Å². The summed E-state index contributed by atoms with van der Waals surface area (Å²) in [5.74, 6) is -0.979. The minimum atomic E-state index is -4.59. The largest absolute Gasteiger partial charge is 0.451 e. The molecule has 2 saturated heterocycles. The number of aliphatic hydroxyl groups excluding tert-OH is 1. The second kappa shape index (κ2) is 9.28. The number of halogens is 4. The van der Waals surface area contributed by atoms with Crippen LogP contribution in [-0.4, -0.2) is 64.3 Å². The van der Waals surface area contributed by atoms with Crippen LogP contribution in [0.4, 0.5) is 19.0 Å². The summed E-state index contributed by atoms with van der Waals surface area (Å²) in [4.78, 5) is 11.0. The predicted octanol–water partition coefficient (Wildman–Crippen LogP) is 2.95. The molecule has 3 heterocycles. The highest BCUT2D eigenvalue weighted by atomic mass is 35.5. The van der Waals surface area contributed by atoms with Crippen LogP contribution in [0.25, 0.3) is 0 Å². The van der Waals surface area contributed by atoms with Gasteiger partial charge in [-0.25, -0.2) is 9.97 Å². The van der Waals surface area contributed by atoms with Gasteiger partial charge in [0.25, 0.3) is 0 Å². The van der Waals surface area contributed by atoms with Gasteiger partial charge in [-0.05, 0) is 49.7 Å². The number of benzene rings is 1. The summed E-state index contributed by atoms with van der Waals surface area (Å²) >= 11 is 5.94. The van der Waals surface area contributed by atoms with Gasteiger partial charge in [-0.3, -0.25) is 4.90 Å². The van der Waals surface area contributed by atoms with E-state index < -0.39 is 18.1 Å². The highest BCUT2D eigenvalue weighted by Crippen LogP contribution is 2.28. The fourth-order valence-corrected chi connectivity index (χ4v) is 4.33. The summed E-state index contributed by atoms with van der Waals surface area (Å²) < 4.78 is 38.7. The third-order valence-corrected chi connectivity index (χ3v) is 6.12. The van der Waals surface area contributed by atoms with Crippen molar-refractivity contribution in [2.45, 2.75) is 43.8 Å². The highest BCUT2D eigenvalue weighted by molar-refractivity contribution is 6.30. The average Bonchev–Trinajstić information content (AvgIpc) is 3.11. The maximum Gasteiger partial charge on any atom is 0.451 e. The van der Waals surface area contributed by atoms with Crippen molar-refractivity contribution in [3.63, 3.8) is 0 Å². The maximum absolute atomic E-state index is 12.9. The second-order valence-corrected chi connectivity index (χ2v) is 8.60. The van der Waals surface area contributed by atoms with Gasteiger partial charge in [0.1, 0.15) is 5.82 Å². The number of alkyl halides is 3. The molecule has 0 bridgehead atoms. The van der Waals surface area contributed by atoms with E-state index in [1.54, 1.807) is 4.90 Å². The predicted molar refractivity (Wildman–Crippen MR) is 112 cm³/mol. The molecule has 1 aromatic heterocycles. The molecule has 4 rings (SSSR count). The number of hydrogen-bond acceptors (Lipinski definition) is 6. The van der Waals surface area contributed by atoms with Crippen LogP contribution in [0.2, 0.25) is 5.02 Å². The molecule has 0 amide bonds. The fraction of sp³-hybridized carbons (Fsp3) is 0.524. The quantitative estimate of drug-likeness (QED) is 0.722. The normalized spacial score (nSPS) is 23.5. The van der Waals surface area contributed by atoms with Gasteiger partial charge in [-0.1, -0.05) is 23.7 Å². The fourth-order valence-electron chi connectivity index (χ4n) is 4.21. The second-order valence-electron chi connectivity index (χ2n) is 8.16. The molecule has 2 atom stereocenters. The van der Waals surface area contributed by atoms with Gasteiger partial charge in [0.15, 0.2) is 0 Å². The minimum absolute atomic E-state index is 0.184. The maximum atomic E-state index is 12.9. The van der Waals surface area contributed by atoms with Crippen LogP contribution in [0.5, 0.6) is 0 Å². The molecular weight excluding hydrogens is 431 g/mol. The Morgan fingerprint density at radius 2 is 1.81 bits per heavy atom. The van der Waals surface area contributed by atoms with Crippen molar-refractivity contribution in [1.29, 1.82) is 0 Å². The smallest absolute Gasteiger partial charge is 0.390 e. The van der Waals surface area contributed by atoms with Gasteiger partial charge in [0.2, 0.25) is 5.82 Å². The Labute approximate surface area is 184 Å². The zero-order valence-corrected chi connectivity index (χ0v) is 17.6. The average molecular weight is 456 g/mol. The molecular formula is C21H25ClF3N5O. The number of nitrogens with zero attached hydrogens (tertiary/aromatic N) is 4. The Hall–Kier alpha value is -1.94. The molecule has 31 heavy (non-hydrogen) atoms. The number of piperidine rings is 1. The summed E-state index contributed by atoms with van der Waals surface area (Å²) in [5.41, 5.74) is 1.22. The lowest BCUT2D eigenvalue weighted by atomic mass is 10.0. The molecule has 2 N–H and O–H groups in total. The first-order chi connectivity index (χ1) is 14.8. The first-order valence-electron chi connectivity index (χ1n) is 10.3. The van der Waals surface area contributed by atoms with E-state index in [4.69, 9.17) is 11.6 Å². The van der Waals surface area contributed by atoms with Crippen molar-refractivity contribution in [2.24, 2.45) is 0 Å². The van der Waals surface area contributed by atoms with E-state index in [9.17, 15) is 18.3 Å². The van der Waals surface area contributed by atoms with Crippen molar-refractivity contribution < 1.29 is 18.3 Å². The van der Waals surface area contributed by atoms with Gasteiger partial charge in [-0.2, -0.15) is 13.2 Å². The molecule has 6 nitrogen and oxygen atoms in total. The monoisotopic (exact) mass is 455 g/mol. The number of rotatable bonds is 5. The first kappa shape index (κ1) is 22.3. The van der Waals surface area contributed by atoms with E-state index >= 15 is 0 Å². The van der Waals surface area contributed by atoms with Crippen LogP contribution in [0.3, 0.4) is 0 Å². The van der Waals surface area contributed by atoms with E-state index in [0.717, 1.165) is 43.7 Å². The third-order valence-electron chi connectivity index (χ3n) is 5.86. The van der Waals surface area contributed by atoms with Gasteiger partial charge < -0.3 is 15.3 Å². The number of nitrogens with one attached hydrogen (secondary N) is 1. The molecule has 0 aliphatic carbocycles. The Morgan fingerprint density at radius 3 is 2.48 bits per heavy atom. The SMILES string of the molecule is O[C@@H]1CN(c2ccnc(C(F)(F)F)n2)C[C@H]1NC1CCN(Cc2ccc(Cl)cc2)CC1. The van der Waals surface area contributed by atoms with E-state index in [1.807, 2.05) is 24.3 Å². The van der Waals surface area contributed by atoms with E-state index in [1.165, 1.54) is 11.6 Å². The molecule has 2 aromatic rings. The molecule has 10 heteroatoms. The number of β-amino-alcohol motifs (C(OH)–C–C–N with tert-alkyl or cyclic N) is 1. The zero-order chi connectivity index (χ0) is 22.0. The standard InChI is InChI=1S/C21H25ClF3N5O/c22-15-3-1-14(2-4-15)11-29-9-6-16(7-10-29)27-17-12-30(13-18(17)31)19-5-8-26-20(28-19)21(23,24)25/h1-5,8,16-18,27,31H,6-7,9-13H2/t17-,18-/m1/s1. The van der Waals surface area contributed by atoms with Crippen LogP contribution in [0, 0.1) is 0 Å². The van der Waals surface area contributed by atoms with Gasteiger partial charge >= 0.3 is 6.18 Å². The molecule has 168 valence electrons. The van der Waals surface area contributed by atoms with E-state index in [2.05, 4.69) is 20.2 Å². The molecule has 2 aliphatic rings. The Balaban J connectivity index is 1.28. The molecule has 0 unspecified atom stereocenters. The summed E-state index contributed by atoms with van der Waals surface area (Å²) in [6.07, 6.45) is -2.26. The Bertz CT molecular complexity index is 874. The van der Waals surface area contributed by atoms with Gasteiger partial charge in [0, 0.05) is 36.9 Å². The summed E-state index contributed by atoms with van der Waals surface area (Å²) in [6, 6.07) is 9.36. The zero-order valence-electron chi connectivity index (χ0n) is 16.9. The van der Waals surface area contributed by atoms with Crippen molar-refractivity contribution in [1.82, 2.24) is 20.2 Å². The number of likely N-dealkylation sites (tertiary alicyclic amines) is 1.